The quantitative estimate of drug-likeness (QED) is 0.756. The fourth-order valence-electron chi connectivity index (χ4n) is 1.91. The summed E-state index contributed by atoms with van der Waals surface area (Å²) in [6.45, 7) is 2.81. The molecule has 20 heavy (non-hydrogen) atoms. The zero-order valence-electron chi connectivity index (χ0n) is 10.8. The monoisotopic (exact) mass is 324 g/mol. The number of nitrogens with two attached hydrogens (primary N) is 1. The summed E-state index contributed by atoms with van der Waals surface area (Å²) in [6.07, 6.45) is 0.987. The van der Waals surface area contributed by atoms with Gasteiger partial charge >= 0.3 is 0 Å². The first-order chi connectivity index (χ1) is 9.65. The van der Waals surface area contributed by atoms with E-state index in [0.717, 1.165) is 31.7 Å². The lowest BCUT2D eigenvalue weighted by molar-refractivity contribution is 1.14. The third-order valence-corrected chi connectivity index (χ3v) is 5.27. The van der Waals surface area contributed by atoms with Crippen LogP contribution in [0.25, 0.3) is 10.2 Å². The van der Waals surface area contributed by atoms with E-state index < -0.39 is 0 Å². The molecule has 0 fully saturated rings. The first kappa shape index (κ1) is 13.6. The standard InChI is InChI=1S/C13H13ClN4S2/c1-2-7-5-9-11(17-13(15)18-12(9)20-7)16-6-8-3-4-10(14)19-8/h3-5H,2,6H2,1H3,(H3,15,16,17,18). The summed E-state index contributed by atoms with van der Waals surface area (Å²) in [4.78, 5) is 12.0. The molecule has 0 unspecified atom stereocenters. The van der Waals surface area contributed by atoms with E-state index in [1.807, 2.05) is 12.1 Å². The minimum absolute atomic E-state index is 0.300. The normalized spacial score (nSPS) is 11.1. The second kappa shape index (κ2) is 5.55. The number of thiophene rings is 2. The summed E-state index contributed by atoms with van der Waals surface area (Å²) >= 11 is 9.15. The van der Waals surface area contributed by atoms with Gasteiger partial charge in [0.05, 0.1) is 16.3 Å². The van der Waals surface area contributed by atoms with Crippen LogP contribution in [-0.4, -0.2) is 9.97 Å². The summed E-state index contributed by atoms with van der Waals surface area (Å²) in [5.41, 5.74) is 5.77. The van der Waals surface area contributed by atoms with Crippen LogP contribution in [0.15, 0.2) is 18.2 Å². The Bertz CT molecular complexity index is 750. The molecule has 104 valence electrons. The number of rotatable bonds is 4. The molecule has 0 aliphatic rings. The van der Waals surface area contributed by atoms with Crippen LogP contribution in [0.5, 0.6) is 0 Å². The van der Waals surface area contributed by atoms with E-state index in [2.05, 4.69) is 28.3 Å². The molecule has 0 aliphatic carbocycles. The van der Waals surface area contributed by atoms with Gasteiger partial charge in [-0.2, -0.15) is 4.98 Å². The van der Waals surface area contributed by atoms with Gasteiger partial charge in [-0.3, -0.25) is 0 Å². The lowest BCUT2D eigenvalue weighted by atomic mass is 10.3. The van der Waals surface area contributed by atoms with Crippen molar-refractivity contribution in [1.82, 2.24) is 9.97 Å². The lowest BCUT2D eigenvalue weighted by Crippen LogP contribution is -2.03. The van der Waals surface area contributed by atoms with Crippen LogP contribution in [0.3, 0.4) is 0 Å². The van der Waals surface area contributed by atoms with Crippen LogP contribution in [0.4, 0.5) is 11.8 Å². The first-order valence-corrected chi connectivity index (χ1v) is 8.21. The molecule has 3 aromatic heterocycles. The van der Waals surface area contributed by atoms with Gasteiger partial charge in [-0.05, 0) is 24.6 Å². The van der Waals surface area contributed by atoms with Gasteiger partial charge in [-0.15, -0.1) is 22.7 Å². The fraction of sp³-hybridized carbons (Fsp3) is 0.231. The third kappa shape index (κ3) is 2.72. The van der Waals surface area contributed by atoms with Gasteiger partial charge in [-0.25, -0.2) is 4.98 Å². The highest BCUT2D eigenvalue weighted by Crippen LogP contribution is 2.30. The molecule has 0 spiro atoms. The molecule has 3 aromatic rings. The summed E-state index contributed by atoms with van der Waals surface area (Å²) < 4.78 is 0.790. The summed E-state index contributed by atoms with van der Waals surface area (Å²) in [5, 5.41) is 4.35. The van der Waals surface area contributed by atoms with Gasteiger partial charge in [-0.1, -0.05) is 18.5 Å². The molecule has 0 atom stereocenters. The molecule has 0 aromatic carbocycles. The molecular formula is C13H13ClN4S2. The van der Waals surface area contributed by atoms with Gasteiger partial charge in [0.15, 0.2) is 0 Å². The van der Waals surface area contributed by atoms with Crippen molar-refractivity contribution >= 4 is 56.3 Å². The van der Waals surface area contributed by atoms with Crippen LogP contribution in [0.2, 0.25) is 4.34 Å². The van der Waals surface area contributed by atoms with Crippen LogP contribution in [-0.2, 0) is 13.0 Å². The Labute approximate surface area is 129 Å². The summed E-state index contributed by atoms with van der Waals surface area (Å²) in [5.74, 6) is 1.08. The Balaban J connectivity index is 1.91. The highest BCUT2D eigenvalue weighted by atomic mass is 35.5. The molecular weight excluding hydrogens is 312 g/mol. The Morgan fingerprint density at radius 1 is 1.25 bits per heavy atom. The average molecular weight is 325 g/mol. The second-order valence-corrected chi connectivity index (χ2v) is 7.19. The van der Waals surface area contributed by atoms with Crippen molar-refractivity contribution in [1.29, 1.82) is 0 Å². The molecule has 4 nitrogen and oxygen atoms in total. The van der Waals surface area contributed by atoms with E-state index in [-0.39, 0.29) is 0 Å². The molecule has 0 radical (unpaired) electrons. The molecule has 0 saturated carbocycles. The van der Waals surface area contributed by atoms with E-state index in [1.54, 1.807) is 22.7 Å². The van der Waals surface area contributed by atoms with Gasteiger partial charge in [0.25, 0.3) is 0 Å². The maximum absolute atomic E-state index is 5.93. The van der Waals surface area contributed by atoms with Gasteiger partial charge in [0, 0.05) is 9.75 Å². The highest BCUT2D eigenvalue weighted by Gasteiger charge is 2.10. The average Bonchev–Trinajstić information content (AvgIpc) is 3.01. The molecule has 0 bridgehead atoms. The van der Waals surface area contributed by atoms with Gasteiger partial charge in [0.2, 0.25) is 5.95 Å². The number of nitrogens with zero attached hydrogens (tertiary/aromatic N) is 2. The molecule has 3 heterocycles. The zero-order chi connectivity index (χ0) is 14.1. The number of halogens is 1. The van der Waals surface area contributed by atoms with Gasteiger partial charge < -0.3 is 11.1 Å². The molecule has 0 aliphatic heterocycles. The molecule has 0 amide bonds. The Kier molecular flexibility index (Phi) is 3.78. The van der Waals surface area contributed by atoms with Crippen LogP contribution in [0, 0.1) is 0 Å². The van der Waals surface area contributed by atoms with Crippen molar-refractivity contribution in [3.8, 4) is 0 Å². The molecule has 7 heteroatoms. The number of nitrogens with one attached hydrogen (secondary N) is 1. The summed E-state index contributed by atoms with van der Waals surface area (Å²) in [7, 11) is 0. The first-order valence-electron chi connectivity index (χ1n) is 6.19. The minimum Gasteiger partial charge on any atom is -0.368 e. The topological polar surface area (TPSA) is 63.8 Å². The fourth-order valence-corrected chi connectivity index (χ4v) is 3.92. The van der Waals surface area contributed by atoms with Crippen molar-refractivity contribution < 1.29 is 0 Å². The predicted octanol–water partition coefficient (Wildman–Crippen LogP) is 4.16. The largest absolute Gasteiger partial charge is 0.368 e. The Morgan fingerprint density at radius 3 is 2.80 bits per heavy atom. The molecule has 0 saturated heterocycles. The number of aryl methyl sites for hydroxylation is 1. The van der Waals surface area contributed by atoms with Crippen molar-refractivity contribution in [2.24, 2.45) is 0 Å². The van der Waals surface area contributed by atoms with Crippen molar-refractivity contribution in [2.45, 2.75) is 19.9 Å². The molecule has 3 N–H and O–H groups in total. The Hall–Kier alpha value is -1.37. The lowest BCUT2D eigenvalue weighted by Gasteiger charge is -2.05. The van der Waals surface area contributed by atoms with Crippen LogP contribution >= 0.6 is 34.3 Å². The second-order valence-electron chi connectivity index (χ2n) is 4.27. The van der Waals surface area contributed by atoms with E-state index in [1.165, 1.54) is 4.88 Å². The predicted molar refractivity (Wildman–Crippen MR) is 87.9 cm³/mol. The third-order valence-electron chi connectivity index (χ3n) is 2.87. The van der Waals surface area contributed by atoms with Gasteiger partial charge in [0.1, 0.15) is 10.6 Å². The maximum Gasteiger partial charge on any atom is 0.223 e. The summed E-state index contributed by atoms with van der Waals surface area (Å²) in [6, 6.07) is 6.03. The van der Waals surface area contributed by atoms with E-state index in [0.29, 0.717) is 12.5 Å². The smallest absolute Gasteiger partial charge is 0.223 e. The number of hydrogen-bond acceptors (Lipinski definition) is 6. The van der Waals surface area contributed by atoms with Crippen molar-refractivity contribution in [2.75, 3.05) is 11.1 Å². The highest BCUT2D eigenvalue weighted by molar-refractivity contribution is 7.18. The van der Waals surface area contributed by atoms with Crippen LogP contribution < -0.4 is 11.1 Å². The van der Waals surface area contributed by atoms with E-state index in [9.17, 15) is 0 Å². The van der Waals surface area contributed by atoms with E-state index in [4.69, 9.17) is 17.3 Å². The number of aromatic nitrogens is 2. The van der Waals surface area contributed by atoms with Crippen molar-refractivity contribution in [3.63, 3.8) is 0 Å². The minimum atomic E-state index is 0.300. The van der Waals surface area contributed by atoms with E-state index >= 15 is 0 Å². The zero-order valence-corrected chi connectivity index (χ0v) is 13.2. The maximum atomic E-state index is 5.93. The number of anilines is 2. The number of hydrogen-bond donors (Lipinski definition) is 2. The SMILES string of the molecule is CCc1cc2c(NCc3ccc(Cl)s3)nc(N)nc2s1. The Morgan fingerprint density at radius 2 is 2.10 bits per heavy atom. The van der Waals surface area contributed by atoms with Crippen molar-refractivity contribution in [3.05, 3.63) is 32.3 Å². The van der Waals surface area contributed by atoms with Crippen LogP contribution in [0.1, 0.15) is 16.7 Å². The number of nitrogen functional groups attached to an aromatic ring is 1. The number of fused-ring (bicyclic) bond motifs is 1. The molecule has 3 rings (SSSR count).